The third kappa shape index (κ3) is 4.67. The van der Waals surface area contributed by atoms with E-state index in [-0.39, 0.29) is 18.4 Å². The van der Waals surface area contributed by atoms with Crippen LogP contribution in [0.1, 0.15) is 24.2 Å². The van der Waals surface area contributed by atoms with Gasteiger partial charge in [-0.15, -0.1) is 0 Å². The van der Waals surface area contributed by atoms with E-state index in [2.05, 4.69) is 5.16 Å². The van der Waals surface area contributed by atoms with Gasteiger partial charge in [-0.2, -0.15) is 0 Å². The van der Waals surface area contributed by atoms with Gasteiger partial charge in [0.25, 0.3) is 0 Å². The fourth-order valence-corrected chi connectivity index (χ4v) is 4.02. The van der Waals surface area contributed by atoms with Gasteiger partial charge in [-0.1, -0.05) is 35.0 Å². The number of aryl methyl sites for hydroxylation is 1. The molecule has 7 nitrogen and oxygen atoms in total. The number of rotatable bonds is 6. The molecule has 1 fully saturated rings. The SMILES string of the molecule is COCC(=O)N1CCCC(Cc2cc(-c3ccc(C)cc3)no2)(C(=O)N(C)C)C1. The molecule has 0 saturated carbocycles. The molecule has 0 bridgehead atoms. The lowest BCUT2D eigenvalue weighted by Gasteiger charge is -2.42. The Labute approximate surface area is 171 Å². The molecule has 3 rings (SSSR count). The number of hydrogen-bond donors (Lipinski definition) is 0. The van der Waals surface area contributed by atoms with E-state index in [1.165, 1.54) is 12.7 Å². The Hall–Kier alpha value is -2.67. The maximum atomic E-state index is 13.2. The van der Waals surface area contributed by atoms with Crippen molar-refractivity contribution in [2.75, 3.05) is 40.9 Å². The number of aromatic nitrogens is 1. The van der Waals surface area contributed by atoms with Crippen LogP contribution in [0.25, 0.3) is 11.3 Å². The average molecular weight is 399 g/mol. The van der Waals surface area contributed by atoms with Gasteiger partial charge >= 0.3 is 0 Å². The van der Waals surface area contributed by atoms with Gasteiger partial charge in [0.15, 0.2) is 0 Å². The zero-order valence-corrected chi connectivity index (χ0v) is 17.6. The zero-order valence-electron chi connectivity index (χ0n) is 17.6. The molecule has 156 valence electrons. The maximum absolute atomic E-state index is 13.2. The van der Waals surface area contributed by atoms with Gasteiger partial charge in [0.05, 0.1) is 5.41 Å². The van der Waals surface area contributed by atoms with Gasteiger partial charge in [-0.3, -0.25) is 9.59 Å². The van der Waals surface area contributed by atoms with Crippen LogP contribution in [0.3, 0.4) is 0 Å². The summed E-state index contributed by atoms with van der Waals surface area (Å²) in [7, 11) is 5.00. The summed E-state index contributed by atoms with van der Waals surface area (Å²) in [6.07, 6.45) is 1.86. The zero-order chi connectivity index (χ0) is 21.0. The molecule has 0 aliphatic carbocycles. The molecule has 1 aromatic heterocycles. The Kier molecular flexibility index (Phi) is 6.37. The number of carbonyl (C=O) groups is 2. The normalized spacial score (nSPS) is 19.2. The minimum absolute atomic E-state index is 0.000651. The molecule has 1 saturated heterocycles. The fourth-order valence-electron chi connectivity index (χ4n) is 4.02. The number of carbonyl (C=O) groups excluding carboxylic acids is 2. The summed E-state index contributed by atoms with van der Waals surface area (Å²) in [5.41, 5.74) is 2.17. The maximum Gasteiger partial charge on any atom is 0.248 e. The van der Waals surface area contributed by atoms with Crippen LogP contribution >= 0.6 is 0 Å². The van der Waals surface area contributed by atoms with Gasteiger partial charge in [0.2, 0.25) is 11.8 Å². The number of amides is 2. The third-order valence-corrected chi connectivity index (χ3v) is 5.48. The smallest absolute Gasteiger partial charge is 0.248 e. The van der Waals surface area contributed by atoms with E-state index in [1.807, 2.05) is 37.3 Å². The molecule has 1 aliphatic rings. The van der Waals surface area contributed by atoms with Gasteiger partial charge in [-0.25, -0.2) is 0 Å². The van der Waals surface area contributed by atoms with Crippen molar-refractivity contribution in [3.63, 3.8) is 0 Å². The first-order valence-corrected chi connectivity index (χ1v) is 9.86. The average Bonchev–Trinajstić information content (AvgIpc) is 3.16. The van der Waals surface area contributed by atoms with Gasteiger partial charge in [0, 0.05) is 52.3 Å². The lowest BCUT2D eigenvalue weighted by Crippen LogP contribution is -2.54. The van der Waals surface area contributed by atoms with Crippen LogP contribution in [0.15, 0.2) is 34.9 Å². The van der Waals surface area contributed by atoms with Crippen molar-refractivity contribution in [3.8, 4) is 11.3 Å². The fraction of sp³-hybridized carbons (Fsp3) is 0.500. The molecule has 1 atom stereocenters. The van der Waals surface area contributed by atoms with E-state index in [4.69, 9.17) is 9.26 Å². The molecule has 0 N–H and O–H groups in total. The Balaban J connectivity index is 1.85. The standard InChI is InChI=1S/C22H29N3O4/c1-16-6-8-17(9-7-16)19-12-18(29-23-19)13-22(21(27)24(2)3)10-5-11-25(15-22)20(26)14-28-4/h6-9,12H,5,10-11,13-15H2,1-4H3. The lowest BCUT2D eigenvalue weighted by molar-refractivity contribution is -0.149. The van der Waals surface area contributed by atoms with Gasteiger partial charge in [0.1, 0.15) is 18.1 Å². The number of piperidine rings is 1. The minimum Gasteiger partial charge on any atom is -0.375 e. The highest BCUT2D eigenvalue weighted by Crippen LogP contribution is 2.36. The number of hydrogen-bond acceptors (Lipinski definition) is 5. The highest BCUT2D eigenvalue weighted by molar-refractivity contribution is 5.85. The second-order valence-corrected chi connectivity index (χ2v) is 8.05. The molecular formula is C22H29N3O4. The van der Waals surface area contributed by atoms with Crippen molar-refractivity contribution in [1.29, 1.82) is 0 Å². The van der Waals surface area contributed by atoms with Crippen LogP contribution in [-0.4, -0.2) is 67.7 Å². The van der Waals surface area contributed by atoms with E-state index >= 15 is 0 Å². The summed E-state index contributed by atoms with van der Waals surface area (Å²) in [6, 6.07) is 9.96. The van der Waals surface area contributed by atoms with Crippen molar-refractivity contribution < 1.29 is 18.8 Å². The van der Waals surface area contributed by atoms with Crippen molar-refractivity contribution in [2.45, 2.75) is 26.2 Å². The van der Waals surface area contributed by atoms with Crippen molar-refractivity contribution >= 4 is 11.8 Å². The van der Waals surface area contributed by atoms with E-state index in [0.29, 0.717) is 31.7 Å². The van der Waals surface area contributed by atoms with Crippen LogP contribution in [-0.2, 0) is 20.7 Å². The monoisotopic (exact) mass is 399 g/mol. The molecule has 1 aromatic carbocycles. The molecule has 7 heteroatoms. The lowest BCUT2D eigenvalue weighted by atomic mass is 9.75. The predicted molar refractivity (Wildman–Crippen MR) is 109 cm³/mol. The summed E-state index contributed by atoms with van der Waals surface area (Å²) in [6.45, 7) is 3.04. The number of methoxy groups -OCH3 is 1. The summed E-state index contributed by atoms with van der Waals surface area (Å²) >= 11 is 0. The van der Waals surface area contributed by atoms with Crippen molar-refractivity contribution in [2.24, 2.45) is 5.41 Å². The third-order valence-electron chi connectivity index (χ3n) is 5.48. The predicted octanol–water partition coefficient (Wildman–Crippen LogP) is 2.54. The first-order valence-electron chi connectivity index (χ1n) is 9.86. The van der Waals surface area contributed by atoms with Crippen LogP contribution in [0.5, 0.6) is 0 Å². The van der Waals surface area contributed by atoms with E-state index in [1.54, 1.807) is 23.9 Å². The first kappa shape index (κ1) is 21.0. The number of likely N-dealkylation sites (tertiary alicyclic amines) is 1. The largest absolute Gasteiger partial charge is 0.375 e. The molecule has 1 aliphatic heterocycles. The van der Waals surface area contributed by atoms with E-state index < -0.39 is 5.41 Å². The highest BCUT2D eigenvalue weighted by Gasteiger charge is 2.45. The summed E-state index contributed by atoms with van der Waals surface area (Å²) in [5, 5.41) is 4.20. The topological polar surface area (TPSA) is 75.9 Å². The molecule has 2 aromatic rings. The molecule has 2 heterocycles. The Bertz CT molecular complexity index is 859. The molecule has 2 amide bonds. The first-order chi connectivity index (χ1) is 13.8. The second-order valence-electron chi connectivity index (χ2n) is 8.05. The summed E-state index contributed by atoms with van der Waals surface area (Å²) < 4.78 is 10.6. The van der Waals surface area contributed by atoms with E-state index in [0.717, 1.165) is 17.7 Å². The Morgan fingerprint density at radius 1 is 1.28 bits per heavy atom. The quantitative estimate of drug-likeness (QED) is 0.746. The molecule has 0 radical (unpaired) electrons. The van der Waals surface area contributed by atoms with Gasteiger partial charge in [-0.05, 0) is 19.8 Å². The summed E-state index contributed by atoms with van der Waals surface area (Å²) in [5.74, 6) is 0.554. The number of nitrogens with zero attached hydrogens (tertiary/aromatic N) is 3. The van der Waals surface area contributed by atoms with Crippen LogP contribution < -0.4 is 0 Å². The molecule has 29 heavy (non-hydrogen) atoms. The van der Waals surface area contributed by atoms with Crippen LogP contribution in [0, 0.1) is 12.3 Å². The van der Waals surface area contributed by atoms with Crippen LogP contribution in [0.4, 0.5) is 0 Å². The van der Waals surface area contributed by atoms with Crippen molar-refractivity contribution in [1.82, 2.24) is 15.0 Å². The Morgan fingerprint density at radius 2 is 2.00 bits per heavy atom. The summed E-state index contributed by atoms with van der Waals surface area (Å²) in [4.78, 5) is 28.9. The van der Waals surface area contributed by atoms with Crippen LogP contribution in [0.2, 0.25) is 0 Å². The molecular weight excluding hydrogens is 370 g/mol. The molecule has 0 spiro atoms. The minimum atomic E-state index is -0.727. The van der Waals surface area contributed by atoms with Gasteiger partial charge < -0.3 is 19.1 Å². The second kappa shape index (κ2) is 8.78. The number of benzene rings is 1. The van der Waals surface area contributed by atoms with E-state index in [9.17, 15) is 9.59 Å². The Morgan fingerprint density at radius 3 is 2.66 bits per heavy atom. The van der Waals surface area contributed by atoms with Crippen molar-refractivity contribution in [3.05, 3.63) is 41.7 Å². The molecule has 1 unspecified atom stereocenters. The highest BCUT2D eigenvalue weighted by atomic mass is 16.5. The number of ether oxygens (including phenoxy) is 1.